The summed E-state index contributed by atoms with van der Waals surface area (Å²) in [4.78, 5) is 18.3. The number of fused-ring (bicyclic) bond motifs is 1. The Kier molecular flexibility index (Phi) is 7.47. The van der Waals surface area contributed by atoms with Crippen molar-refractivity contribution in [1.82, 2.24) is 19.9 Å². The topological polar surface area (TPSA) is 136 Å². The van der Waals surface area contributed by atoms with Crippen LogP contribution >= 0.6 is 11.3 Å². The van der Waals surface area contributed by atoms with Crippen LogP contribution in [0.2, 0.25) is 0 Å². The fourth-order valence-electron chi connectivity index (χ4n) is 5.24. The number of nitrogens with one attached hydrogen (secondary N) is 2. The Labute approximate surface area is 234 Å². The lowest BCUT2D eigenvalue weighted by Gasteiger charge is -2.34. The predicted molar refractivity (Wildman–Crippen MR) is 150 cm³/mol. The van der Waals surface area contributed by atoms with E-state index in [0.29, 0.717) is 29.1 Å². The van der Waals surface area contributed by atoms with E-state index in [1.165, 1.54) is 29.5 Å². The zero-order chi connectivity index (χ0) is 28.8. The van der Waals surface area contributed by atoms with Crippen LogP contribution in [0.5, 0.6) is 0 Å². The van der Waals surface area contributed by atoms with Crippen LogP contribution in [-0.4, -0.2) is 52.7 Å². The van der Waals surface area contributed by atoms with Gasteiger partial charge in [0.25, 0.3) is 0 Å². The Morgan fingerprint density at radius 1 is 1.15 bits per heavy atom. The average Bonchev–Trinajstić information content (AvgIpc) is 3.44. The number of aromatic nitrogens is 4. The number of aliphatic hydroxyl groups excluding tert-OH is 1. The lowest BCUT2D eigenvalue weighted by molar-refractivity contribution is -0.0926. The van der Waals surface area contributed by atoms with Gasteiger partial charge in [-0.1, -0.05) is 13.0 Å². The summed E-state index contributed by atoms with van der Waals surface area (Å²) in [5.41, 5.74) is -0.575. The summed E-state index contributed by atoms with van der Waals surface area (Å²) in [5, 5.41) is 39.6. The number of benzene rings is 1. The Morgan fingerprint density at radius 3 is 2.52 bits per heavy atom. The average molecular weight is 571 g/mol. The van der Waals surface area contributed by atoms with Gasteiger partial charge in [0.05, 0.1) is 27.3 Å². The second kappa shape index (κ2) is 10.6. The molecule has 3 atom stereocenters. The lowest BCUT2D eigenvalue weighted by atomic mass is 9.87. The van der Waals surface area contributed by atoms with E-state index in [4.69, 9.17) is 4.98 Å². The van der Waals surface area contributed by atoms with Gasteiger partial charge in [-0.3, -0.25) is 4.98 Å². The molecule has 1 aliphatic carbocycles. The first-order chi connectivity index (χ1) is 18.9. The van der Waals surface area contributed by atoms with Crippen molar-refractivity contribution < 1.29 is 24.1 Å². The highest BCUT2D eigenvalue weighted by atomic mass is 32.1. The van der Waals surface area contributed by atoms with Gasteiger partial charge in [0.1, 0.15) is 34.1 Å². The molecule has 0 saturated heterocycles. The molecule has 0 bridgehead atoms. The van der Waals surface area contributed by atoms with Crippen molar-refractivity contribution >= 4 is 33.3 Å². The summed E-state index contributed by atoms with van der Waals surface area (Å²) in [5.74, 6) is -1.73. The Morgan fingerprint density at radius 2 is 1.88 bits per heavy atom. The first-order valence-corrected chi connectivity index (χ1v) is 13.9. The third-order valence-corrected chi connectivity index (χ3v) is 8.49. The first kappa shape index (κ1) is 28.2. The molecule has 1 saturated carbocycles. The zero-order valence-electron chi connectivity index (χ0n) is 22.7. The number of thiazole rings is 1. The molecule has 1 aromatic carbocycles. The van der Waals surface area contributed by atoms with Gasteiger partial charge >= 0.3 is 0 Å². The molecular weight excluding hydrogens is 538 g/mol. The van der Waals surface area contributed by atoms with E-state index < -0.39 is 35.0 Å². The van der Waals surface area contributed by atoms with Crippen LogP contribution in [0.1, 0.15) is 50.6 Å². The second-order valence-corrected chi connectivity index (χ2v) is 11.7. The van der Waals surface area contributed by atoms with E-state index in [2.05, 4.69) is 25.6 Å². The molecule has 1 aliphatic rings. The van der Waals surface area contributed by atoms with Crippen molar-refractivity contribution in [2.45, 2.75) is 70.9 Å². The number of halogens is 2. The van der Waals surface area contributed by atoms with Crippen LogP contribution < -0.4 is 10.6 Å². The molecule has 0 radical (unpaired) electrons. The minimum Gasteiger partial charge on any atom is -0.390 e. The maximum absolute atomic E-state index is 14.2. The molecule has 0 amide bonds. The van der Waals surface area contributed by atoms with Gasteiger partial charge in [-0.25, -0.2) is 18.7 Å². The summed E-state index contributed by atoms with van der Waals surface area (Å²) in [6.07, 6.45) is 1.65. The monoisotopic (exact) mass is 570 g/mol. The summed E-state index contributed by atoms with van der Waals surface area (Å²) in [7, 11) is 0. The number of pyridine rings is 1. The zero-order valence-corrected chi connectivity index (χ0v) is 23.5. The Hall–Kier alpha value is -3.32. The molecule has 0 aliphatic heterocycles. The SMILES string of the molecule is CCc1nccc2sc(-c3c(C)nc(NCc4c(F)cccc4F)nc3NC3(O)CCC(C(C)(C)O)C3O)nc12. The van der Waals surface area contributed by atoms with Gasteiger partial charge < -0.3 is 26.0 Å². The summed E-state index contributed by atoms with van der Waals surface area (Å²) in [6.45, 7) is 6.72. The van der Waals surface area contributed by atoms with E-state index in [-0.39, 0.29) is 30.3 Å². The lowest BCUT2D eigenvalue weighted by Crippen LogP contribution is -2.51. The standard InChI is InChI=1S/C28H32F2N6O3S/c1-5-19-22-20(10-12-31-19)40-25(34-22)21-14(2)33-26(32-13-15-17(29)7-6-8-18(15)30)35-24(21)36-28(39)11-9-16(23(28)37)27(3,4)38/h6-8,10,12,16,23,37-39H,5,9,11,13H2,1-4H3,(H2,32,33,35,36). The van der Waals surface area contributed by atoms with Crippen molar-refractivity contribution in [3.8, 4) is 10.6 Å². The molecule has 212 valence electrons. The van der Waals surface area contributed by atoms with Crippen molar-refractivity contribution in [3.05, 3.63) is 59.0 Å². The molecular formula is C28H32F2N6O3S. The largest absolute Gasteiger partial charge is 0.390 e. The number of hydrogen-bond acceptors (Lipinski definition) is 10. The van der Waals surface area contributed by atoms with Gasteiger partial charge in [0.2, 0.25) is 5.95 Å². The minimum atomic E-state index is -1.80. The molecule has 1 fully saturated rings. The smallest absolute Gasteiger partial charge is 0.225 e. The highest BCUT2D eigenvalue weighted by Crippen LogP contribution is 2.43. The molecule has 3 heterocycles. The molecule has 9 nitrogen and oxygen atoms in total. The van der Waals surface area contributed by atoms with Crippen LogP contribution in [0, 0.1) is 24.5 Å². The van der Waals surface area contributed by atoms with Crippen LogP contribution in [0.4, 0.5) is 20.5 Å². The molecule has 5 rings (SSSR count). The van der Waals surface area contributed by atoms with E-state index >= 15 is 0 Å². The maximum atomic E-state index is 14.2. The van der Waals surface area contributed by atoms with E-state index in [0.717, 1.165) is 15.9 Å². The van der Waals surface area contributed by atoms with Gasteiger partial charge in [0, 0.05) is 24.2 Å². The van der Waals surface area contributed by atoms with Gasteiger partial charge in [-0.2, -0.15) is 4.98 Å². The van der Waals surface area contributed by atoms with Crippen molar-refractivity contribution in [2.75, 3.05) is 10.6 Å². The number of nitrogens with zero attached hydrogens (tertiary/aromatic N) is 4. The van der Waals surface area contributed by atoms with E-state index in [1.54, 1.807) is 27.0 Å². The van der Waals surface area contributed by atoms with Gasteiger partial charge in [-0.15, -0.1) is 11.3 Å². The molecule has 0 spiro atoms. The molecule has 3 unspecified atom stereocenters. The molecule has 5 N–H and O–H groups in total. The molecule has 4 aromatic rings. The maximum Gasteiger partial charge on any atom is 0.225 e. The van der Waals surface area contributed by atoms with Crippen LogP contribution in [0.3, 0.4) is 0 Å². The fraction of sp³-hybridized carbons (Fsp3) is 0.429. The highest BCUT2D eigenvalue weighted by molar-refractivity contribution is 7.21. The second-order valence-electron chi connectivity index (χ2n) is 10.7. The summed E-state index contributed by atoms with van der Waals surface area (Å²) < 4.78 is 29.4. The quantitative estimate of drug-likeness (QED) is 0.193. The van der Waals surface area contributed by atoms with E-state index in [9.17, 15) is 24.1 Å². The molecule has 40 heavy (non-hydrogen) atoms. The molecule has 12 heteroatoms. The Bertz CT molecular complexity index is 1540. The van der Waals surface area contributed by atoms with Gasteiger partial charge in [-0.05, 0) is 58.2 Å². The summed E-state index contributed by atoms with van der Waals surface area (Å²) >= 11 is 1.42. The number of rotatable bonds is 8. The van der Waals surface area contributed by atoms with E-state index in [1.807, 2.05) is 13.0 Å². The molecule has 3 aromatic heterocycles. The predicted octanol–water partition coefficient (Wildman–Crippen LogP) is 4.55. The minimum absolute atomic E-state index is 0.0681. The van der Waals surface area contributed by atoms with Crippen molar-refractivity contribution in [3.63, 3.8) is 0 Å². The Balaban J connectivity index is 1.57. The van der Waals surface area contributed by atoms with Crippen LogP contribution in [0.15, 0.2) is 30.5 Å². The van der Waals surface area contributed by atoms with Crippen molar-refractivity contribution in [1.29, 1.82) is 0 Å². The number of hydrogen-bond donors (Lipinski definition) is 5. The summed E-state index contributed by atoms with van der Waals surface area (Å²) in [6, 6.07) is 5.51. The third kappa shape index (κ3) is 5.24. The number of aliphatic hydroxyl groups is 3. The van der Waals surface area contributed by atoms with Crippen molar-refractivity contribution in [2.24, 2.45) is 5.92 Å². The number of aryl methyl sites for hydroxylation is 2. The normalized spacial score (nSPS) is 21.2. The highest BCUT2D eigenvalue weighted by Gasteiger charge is 2.52. The number of anilines is 2. The fourth-order valence-corrected chi connectivity index (χ4v) is 6.32. The van der Waals surface area contributed by atoms with Crippen LogP contribution in [0.25, 0.3) is 20.8 Å². The van der Waals surface area contributed by atoms with Gasteiger partial charge in [0.15, 0.2) is 5.72 Å². The van der Waals surface area contributed by atoms with Crippen LogP contribution in [-0.2, 0) is 13.0 Å². The third-order valence-electron chi connectivity index (χ3n) is 7.46. The first-order valence-electron chi connectivity index (χ1n) is 13.1.